The summed E-state index contributed by atoms with van der Waals surface area (Å²) in [4.78, 5) is 21.4. The van der Waals surface area contributed by atoms with E-state index in [9.17, 15) is 9.59 Å². The minimum atomic E-state index is -0.921. The number of hydrogen-bond acceptors (Lipinski definition) is 4. The summed E-state index contributed by atoms with van der Waals surface area (Å²) in [6, 6.07) is 2.10. The third-order valence-electron chi connectivity index (χ3n) is 2.31. The van der Waals surface area contributed by atoms with Crippen LogP contribution < -0.4 is 0 Å². The zero-order valence-corrected chi connectivity index (χ0v) is 10.1. The van der Waals surface area contributed by atoms with E-state index in [2.05, 4.69) is 6.07 Å². The van der Waals surface area contributed by atoms with Crippen LogP contribution in [0.3, 0.4) is 0 Å². The maximum atomic E-state index is 11.2. The largest absolute Gasteiger partial charge is 0.481 e. The van der Waals surface area contributed by atoms with Gasteiger partial charge in [-0.05, 0) is 12.8 Å². The molecule has 0 heterocycles. The fourth-order valence-corrected chi connectivity index (χ4v) is 1.29. The Morgan fingerprint density at radius 3 is 2.59 bits per heavy atom. The van der Waals surface area contributed by atoms with Crippen LogP contribution >= 0.6 is 0 Å². The number of esters is 1. The molecule has 0 fully saturated rings. The number of unbranched alkanes of at least 4 members (excludes halogenated alkanes) is 1. The molecule has 0 spiro atoms. The lowest BCUT2D eigenvalue weighted by molar-refractivity contribution is -0.144. The van der Waals surface area contributed by atoms with Crippen molar-refractivity contribution in [3.05, 3.63) is 0 Å². The van der Waals surface area contributed by atoms with Crippen molar-refractivity contribution in [3.63, 3.8) is 0 Å². The molecule has 0 radical (unpaired) electrons. The lowest BCUT2D eigenvalue weighted by atomic mass is 10.1. The van der Waals surface area contributed by atoms with E-state index in [1.165, 1.54) is 0 Å². The number of rotatable bonds is 9. The average molecular weight is 241 g/mol. The first-order chi connectivity index (χ1) is 8.10. The van der Waals surface area contributed by atoms with E-state index in [0.29, 0.717) is 0 Å². The average Bonchev–Trinajstić information content (AvgIpc) is 2.29. The van der Waals surface area contributed by atoms with Crippen molar-refractivity contribution >= 4 is 11.9 Å². The highest BCUT2D eigenvalue weighted by atomic mass is 16.5. The van der Waals surface area contributed by atoms with Crippen LogP contribution in [0.2, 0.25) is 0 Å². The van der Waals surface area contributed by atoms with Crippen molar-refractivity contribution in [2.24, 2.45) is 5.92 Å². The molecule has 0 aliphatic carbocycles. The zero-order chi connectivity index (χ0) is 13.1. The molecule has 5 nitrogen and oxygen atoms in total. The maximum absolute atomic E-state index is 11.2. The monoisotopic (exact) mass is 241 g/mol. The van der Waals surface area contributed by atoms with Gasteiger partial charge in [-0.2, -0.15) is 5.26 Å². The fraction of sp³-hybridized carbons (Fsp3) is 0.750. The summed E-state index contributed by atoms with van der Waals surface area (Å²) >= 11 is 0. The van der Waals surface area contributed by atoms with Gasteiger partial charge in [0.15, 0.2) is 0 Å². The molecule has 0 aromatic heterocycles. The number of hydrogen-bond donors (Lipinski definition) is 1. The lowest BCUT2D eigenvalue weighted by Crippen LogP contribution is -2.13. The van der Waals surface area contributed by atoms with Gasteiger partial charge in [0, 0.05) is 12.8 Å². The molecule has 0 aromatic carbocycles. The number of carboxylic acid groups (broad SMARTS) is 1. The van der Waals surface area contributed by atoms with Gasteiger partial charge in [0.2, 0.25) is 0 Å². The van der Waals surface area contributed by atoms with Gasteiger partial charge in [-0.25, -0.2) is 0 Å². The zero-order valence-electron chi connectivity index (χ0n) is 10.1. The second-order valence-electron chi connectivity index (χ2n) is 3.90. The van der Waals surface area contributed by atoms with E-state index in [1.807, 2.05) is 6.92 Å². The highest BCUT2D eigenvalue weighted by Gasteiger charge is 2.11. The van der Waals surface area contributed by atoms with Crippen LogP contribution in [0.1, 0.15) is 45.4 Å². The van der Waals surface area contributed by atoms with Gasteiger partial charge in [-0.15, -0.1) is 0 Å². The Morgan fingerprint density at radius 2 is 2.06 bits per heavy atom. The molecule has 0 rings (SSSR count). The second kappa shape index (κ2) is 9.64. The van der Waals surface area contributed by atoms with E-state index < -0.39 is 11.9 Å². The van der Waals surface area contributed by atoms with E-state index in [1.54, 1.807) is 0 Å². The van der Waals surface area contributed by atoms with Gasteiger partial charge in [0.1, 0.15) is 6.61 Å². The normalized spacial score (nSPS) is 11.5. The summed E-state index contributed by atoms with van der Waals surface area (Å²) < 4.78 is 4.92. The van der Waals surface area contributed by atoms with Crippen LogP contribution in [-0.4, -0.2) is 23.7 Å². The Labute approximate surface area is 101 Å². The van der Waals surface area contributed by atoms with Crippen LogP contribution in [0.15, 0.2) is 0 Å². The standard InChI is InChI=1S/C12H19NO4/c1-2-3-5-10(8-13)9-17-12(16)7-4-6-11(14)15/h10H,2-7,9H2,1H3,(H,14,15). The van der Waals surface area contributed by atoms with Crippen LogP contribution in [0.4, 0.5) is 0 Å². The molecule has 0 amide bonds. The molecule has 0 aliphatic heterocycles. The number of carbonyl (C=O) groups excluding carboxylic acids is 1. The van der Waals surface area contributed by atoms with Gasteiger partial charge in [-0.1, -0.05) is 19.8 Å². The maximum Gasteiger partial charge on any atom is 0.305 e. The Hall–Kier alpha value is -1.57. The van der Waals surface area contributed by atoms with Gasteiger partial charge < -0.3 is 9.84 Å². The van der Waals surface area contributed by atoms with Gasteiger partial charge in [-0.3, -0.25) is 9.59 Å². The number of ether oxygens (including phenoxy) is 1. The summed E-state index contributed by atoms with van der Waals surface area (Å²) in [5.41, 5.74) is 0. The van der Waals surface area contributed by atoms with Crippen molar-refractivity contribution < 1.29 is 19.4 Å². The van der Waals surface area contributed by atoms with Crippen molar-refractivity contribution in [3.8, 4) is 6.07 Å². The first kappa shape index (κ1) is 15.4. The first-order valence-electron chi connectivity index (χ1n) is 5.87. The lowest BCUT2D eigenvalue weighted by Gasteiger charge is -2.09. The Kier molecular flexibility index (Phi) is 8.75. The van der Waals surface area contributed by atoms with Crippen molar-refractivity contribution in [1.82, 2.24) is 0 Å². The molecule has 1 N–H and O–H groups in total. The summed E-state index contributed by atoms with van der Waals surface area (Å²) in [6.45, 7) is 2.15. The topological polar surface area (TPSA) is 87.4 Å². The van der Waals surface area contributed by atoms with Crippen LogP contribution in [-0.2, 0) is 14.3 Å². The summed E-state index contributed by atoms with van der Waals surface area (Å²) in [5, 5.41) is 17.2. The summed E-state index contributed by atoms with van der Waals surface area (Å²) in [7, 11) is 0. The number of nitriles is 1. The van der Waals surface area contributed by atoms with Gasteiger partial charge >= 0.3 is 11.9 Å². The quantitative estimate of drug-likeness (QED) is 0.625. The predicted molar refractivity (Wildman–Crippen MR) is 61.1 cm³/mol. The Bertz CT molecular complexity index is 283. The molecule has 5 heteroatoms. The molecule has 0 aromatic rings. The number of carboxylic acids is 1. The third kappa shape index (κ3) is 9.36. The smallest absolute Gasteiger partial charge is 0.305 e. The minimum absolute atomic E-state index is 0.0351. The number of nitrogens with zero attached hydrogens (tertiary/aromatic N) is 1. The van der Waals surface area contributed by atoms with E-state index >= 15 is 0 Å². The molecule has 96 valence electrons. The van der Waals surface area contributed by atoms with E-state index in [-0.39, 0.29) is 31.8 Å². The van der Waals surface area contributed by atoms with Gasteiger partial charge in [0.05, 0.1) is 12.0 Å². The fourth-order valence-electron chi connectivity index (χ4n) is 1.29. The van der Waals surface area contributed by atoms with Crippen molar-refractivity contribution in [2.75, 3.05) is 6.61 Å². The molecule has 1 atom stereocenters. The van der Waals surface area contributed by atoms with E-state index in [4.69, 9.17) is 15.1 Å². The molecule has 0 aliphatic rings. The first-order valence-corrected chi connectivity index (χ1v) is 5.87. The Morgan fingerprint density at radius 1 is 1.35 bits per heavy atom. The SMILES string of the molecule is CCCCC(C#N)COC(=O)CCCC(=O)O. The van der Waals surface area contributed by atoms with E-state index in [0.717, 1.165) is 19.3 Å². The Balaban J connectivity index is 3.67. The van der Waals surface area contributed by atoms with Crippen LogP contribution in [0.25, 0.3) is 0 Å². The van der Waals surface area contributed by atoms with Crippen LogP contribution in [0, 0.1) is 17.2 Å². The molecule has 0 bridgehead atoms. The molecule has 17 heavy (non-hydrogen) atoms. The molecule has 0 saturated heterocycles. The van der Waals surface area contributed by atoms with Gasteiger partial charge in [0.25, 0.3) is 0 Å². The predicted octanol–water partition coefficient (Wildman–Crippen LogP) is 2.11. The summed E-state index contributed by atoms with van der Waals surface area (Å²) in [5.74, 6) is -1.60. The highest BCUT2D eigenvalue weighted by Crippen LogP contribution is 2.08. The van der Waals surface area contributed by atoms with Crippen molar-refractivity contribution in [2.45, 2.75) is 45.4 Å². The molecule has 0 saturated carbocycles. The number of carbonyl (C=O) groups is 2. The highest BCUT2D eigenvalue weighted by molar-refractivity contribution is 5.71. The molecular formula is C12H19NO4. The second-order valence-corrected chi connectivity index (χ2v) is 3.90. The van der Waals surface area contributed by atoms with Crippen LogP contribution in [0.5, 0.6) is 0 Å². The molecule has 1 unspecified atom stereocenters. The summed E-state index contributed by atoms with van der Waals surface area (Å²) in [6.07, 6.45) is 3.01. The minimum Gasteiger partial charge on any atom is -0.481 e. The molecular weight excluding hydrogens is 222 g/mol. The third-order valence-corrected chi connectivity index (χ3v) is 2.31. The van der Waals surface area contributed by atoms with Crippen molar-refractivity contribution in [1.29, 1.82) is 5.26 Å². The number of aliphatic carboxylic acids is 1.